The smallest absolute Gasteiger partial charge is 0.0410 e. The quantitative estimate of drug-likeness (QED) is 0.939. The monoisotopic (exact) mass is 304 g/mol. The third-order valence-electron chi connectivity index (χ3n) is 3.13. The number of nitrogens with zero attached hydrogens (tertiary/aromatic N) is 1. The van der Waals surface area contributed by atoms with Gasteiger partial charge < -0.3 is 5.73 Å². The van der Waals surface area contributed by atoms with Crippen LogP contribution in [-0.2, 0) is 6.42 Å². The largest absolute Gasteiger partial charge is 0.324 e. The highest BCUT2D eigenvalue weighted by Crippen LogP contribution is 2.23. The molecule has 1 atom stereocenters. The lowest BCUT2D eigenvalue weighted by Gasteiger charge is -2.17. The summed E-state index contributed by atoms with van der Waals surface area (Å²) in [4.78, 5) is 4.17. The van der Waals surface area contributed by atoms with Crippen molar-refractivity contribution in [3.8, 4) is 0 Å². The van der Waals surface area contributed by atoms with E-state index in [0.717, 1.165) is 16.5 Å². The van der Waals surface area contributed by atoms with Gasteiger partial charge in [-0.05, 0) is 64.5 Å². The molecule has 3 heteroatoms. The number of nitrogens with two attached hydrogens (primary N) is 1. The van der Waals surface area contributed by atoms with Crippen molar-refractivity contribution < 1.29 is 0 Å². The van der Waals surface area contributed by atoms with Crippen LogP contribution in [0.5, 0.6) is 0 Å². The Balaban J connectivity index is 2.25. The van der Waals surface area contributed by atoms with Crippen molar-refractivity contribution in [2.75, 3.05) is 0 Å². The first-order chi connectivity index (χ1) is 8.58. The van der Waals surface area contributed by atoms with Crippen LogP contribution in [-0.4, -0.2) is 4.98 Å². The average Bonchev–Trinajstić information content (AvgIpc) is 2.28. The average molecular weight is 305 g/mol. The fraction of sp³-hybridized carbons (Fsp3) is 0.267. The molecule has 0 fully saturated rings. The van der Waals surface area contributed by atoms with Crippen molar-refractivity contribution in [1.29, 1.82) is 0 Å². The molecule has 0 saturated carbocycles. The van der Waals surface area contributed by atoms with Gasteiger partial charge in [0.2, 0.25) is 0 Å². The van der Waals surface area contributed by atoms with Gasteiger partial charge in [-0.2, -0.15) is 0 Å². The molecule has 0 amide bonds. The van der Waals surface area contributed by atoms with Crippen molar-refractivity contribution in [3.05, 3.63) is 63.4 Å². The molecule has 0 saturated heterocycles. The number of rotatable bonds is 3. The maximum absolute atomic E-state index is 6.34. The molecular formula is C15H17BrN2. The van der Waals surface area contributed by atoms with Crippen LogP contribution >= 0.6 is 15.9 Å². The number of benzene rings is 1. The summed E-state index contributed by atoms with van der Waals surface area (Å²) in [6.45, 7) is 4.22. The van der Waals surface area contributed by atoms with Crippen molar-refractivity contribution >= 4 is 15.9 Å². The third-order valence-corrected chi connectivity index (χ3v) is 3.56. The second-order valence-corrected chi connectivity index (χ2v) is 5.54. The number of aromatic nitrogens is 1. The second-order valence-electron chi connectivity index (χ2n) is 4.63. The Morgan fingerprint density at radius 1 is 1.22 bits per heavy atom. The zero-order valence-electron chi connectivity index (χ0n) is 10.7. The Kier molecular flexibility index (Phi) is 4.15. The SMILES string of the molecule is Cc1cccc(C)c1C(N)Cc1cncc(Br)c1. The molecule has 0 spiro atoms. The van der Waals surface area contributed by atoms with E-state index in [0.29, 0.717) is 0 Å². The van der Waals surface area contributed by atoms with E-state index in [1.807, 2.05) is 6.20 Å². The van der Waals surface area contributed by atoms with Gasteiger partial charge in [0.1, 0.15) is 0 Å². The summed E-state index contributed by atoms with van der Waals surface area (Å²) < 4.78 is 0.994. The Bertz CT molecular complexity index is 532. The van der Waals surface area contributed by atoms with E-state index in [-0.39, 0.29) is 6.04 Å². The van der Waals surface area contributed by atoms with Crippen LogP contribution in [0.15, 0.2) is 41.1 Å². The molecule has 1 unspecified atom stereocenters. The summed E-state index contributed by atoms with van der Waals surface area (Å²) >= 11 is 3.43. The van der Waals surface area contributed by atoms with Crippen LogP contribution in [0.2, 0.25) is 0 Å². The van der Waals surface area contributed by atoms with Gasteiger partial charge in [0.05, 0.1) is 0 Å². The highest BCUT2D eigenvalue weighted by molar-refractivity contribution is 9.10. The van der Waals surface area contributed by atoms with Gasteiger partial charge in [-0.15, -0.1) is 0 Å². The van der Waals surface area contributed by atoms with Gasteiger partial charge >= 0.3 is 0 Å². The van der Waals surface area contributed by atoms with Crippen molar-refractivity contribution in [3.63, 3.8) is 0 Å². The summed E-state index contributed by atoms with van der Waals surface area (Å²) in [5.41, 5.74) is 11.2. The highest BCUT2D eigenvalue weighted by Gasteiger charge is 2.12. The first kappa shape index (κ1) is 13.2. The molecule has 0 aliphatic rings. The zero-order valence-corrected chi connectivity index (χ0v) is 12.2. The third kappa shape index (κ3) is 2.98. The van der Waals surface area contributed by atoms with E-state index in [2.05, 4.69) is 59.0 Å². The topological polar surface area (TPSA) is 38.9 Å². The Hall–Kier alpha value is -1.19. The number of aryl methyl sites for hydroxylation is 2. The molecule has 94 valence electrons. The summed E-state index contributed by atoms with van der Waals surface area (Å²) in [5, 5.41) is 0. The normalized spacial score (nSPS) is 12.4. The van der Waals surface area contributed by atoms with Gasteiger partial charge in [0.15, 0.2) is 0 Å². The molecule has 18 heavy (non-hydrogen) atoms. The van der Waals surface area contributed by atoms with E-state index in [9.17, 15) is 0 Å². The van der Waals surface area contributed by atoms with E-state index in [1.54, 1.807) is 6.20 Å². The number of pyridine rings is 1. The maximum atomic E-state index is 6.34. The summed E-state index contributed by atoms with van der Waals surface area (Å²) in [5.74, 6) is 0. The van der Waals surface area contributed by atoms with Crippen molar-refractivity contribution in [1.82, 2.24) is 4.98 Å². The minimum Gasteiger partial charge on any atom is -0.324 e. The van der Waals surface area contributed by atoms with Crippen LogP contribution in [0.4, 0.5) is 0 Å². The van der Waals surface area contributed by atoms with Crippen molar-refractivity contribution in [2.45, 2.75) is 26.3 Å². The Morgan fingerprint density at radius 2 is 1.89 bits per heavy atom. The predicted molar refractivity (Wildman–Crippen MR) is 78.5 cm³/mol. The van der Waals surface area contributed by atoms with E-state index in [4.69, 9.17) is 5.73 Å². The maximum Gasteiger partial charge on any atom is 0.0410 e. The minimum atomic E-state index is 0.0160. The van der Waals surface area contributed by atoms with Crippen LogP contribution in [0.3, 0.4) is 0 Å². The van der Waals surface area contributed by atoms with E-state index in [1.165, 1.54) is 16.7 Å². The second kappa shape index (κ2) is 5.63. The molecule has 2 aromatic rings. The van der Waals surface area contributed by atoms with Crippen LogP contribution in [0.25, 0.3) is 0 Å². The zero-order chi connectivity index (χ0) is 13.1. The predicted octanol–water partition coefficient (Wildman–Crippen LogP) is 3.70. The Morgan fingerprint density at radius 3 is 2.50 bits per heavy atom. The summed E-state index contributed by atoms with van der Waals surface area (Å²) in [7, 11) is 0. The molecule has 1 aromatic carbocycles. The fourth-order valence-corrected chi connectivity index (χ4v) is 2.75. The first-order valence-electron chi connectivity index (χ1n) is 5.99. The minimum absolute atomic E-state index is 0.0160. The fourth-order valence-electron chi connectivity index (χ4n) is 2.34. The molecule has 2 nitrogen and oxygen atoms in total. The molecule has 0 aliphatic heterocycles. The van der Waals surface area contributed by atoms with Crippen LogP contribution in [0, 0.1) is 13.8 Å². The standard InChI is InChI=1S/C15H17BrN2/c1-10-4-3-5-11(2)15(10)14(17)7-12-6-13(16)9-18-8-12/h3-6,8-9,14H,7,17H2,1-2H3. The molecule has 1 heterocycles. The number of halogens is 1. The van der Waals surface area contributed by atoms with Gasteiger partial charge in [0, 0.05) is 22.9 Å². The molecule has 0 bridgehead atoms. The lowest BCUT2D eigenvalue weighted by molar-refractivity contribution is 0.709. The van der Waals surface area contributed by atoms with Crippen LogP contribution < -0.4 is 5.73 Å². The highest BCUT2D eigenvalue weighted by atomic mass is 79.9. The first-order valence-corrected chi connectivity index (χ1v) is 6.78. The molecule has 0 radical (unpaired) electrons. The lowest BCUT2D eigenvalue weighted by atomic mass is 9.93. The number of hydrogen-bond acceptors (Lipinski definition) is 2. The molecular weight excluding hydrogens is 288 g/mol. The lowest BCUT2D eigenvalue weighted by Crippen LogP contribution is -2.16. The van der Waals surface area contributed by atoms with E-state index < -0.39 is 0 Å². The number of hydrogen-bond donors (Lipinski definition) is 1. The Labute approximate surface area is 116 Å². The van der Waals surface area contributed by atoms with E-state index >= 15 is 0 Å². The summed E-state index contributed by atoms with van der Waals surface area (Å²) in [6, 6.07) is 8.38. The molecule has 2 N–H and O–H groups in total. The van der Waals surface area contributed by atoms with Gasteiger partial charge in [-0.25, -0.2) is 0 Å². The van der Waals surface area contributed by atoms with Gasteiger partial charge in [-0.3, -0.25) is 4.98 Å². The summed E-state index contributed by atoms with van der Waals surface area (Å²) in [6.07, 6.45) is 4.46. The molecule has 1 aromatic heterocycles. The van der Waals surface area contributed by atoms with Gasteiger partial charge in [-0.1, -0.05) is 18.2 Å². The van der Waals surface area contributed by atoms with Crippen molar-refractivity contribution in [2.24, 2.45) is 5.73 Å². The van der Waals surface area contributed by atoms with Crippen LogP contribution in [0.1, 0.15) is 28.3 Å². The van der Waals surface area contributed by atoms with Gasteiger partial charge in [0.25, 0.3) is 0 Å². The molecule has 2 rings (SSSR count). The molecule has 0 aliphatic carbocycles.